The number of nitrogens with zero attached hydrogens (tertiary/aromatic N) is 2. The van der Waals surface area contributed by atoms with Crippen molar-refractivity contribution in [1.82, 2.24) is 4.98 Å². The van der Waals surface area contributed by atoms with Crippen molar-refractivity contribution in [3.8, 4) is 11.8 Å². The number of aromatic nitrogens is 1. The molecule has 1 fully saturated rings. The molecule has 1 aromatic carbocycles. The van der Waals surface area contributed by atoms with Crippen LogP contribution in [0, 0.1) is 11.3 Å². The maximum atomic E-state index is 13.1. The molecule has 2 amide bonds. The summed E-state index contributed by atoms with van der Waals surface area (Å²) in [4.78, 5) is 29.8. The summed E-state index contributed by atoms with van der Waals surface area (Å²) in [5, 5.41) is 15.6. The van der Waals surface area contributed by atoms with Gasteiger partial charge < -0.3 is 14.8 Å². The normalized spacial score (nSPS) is 13.1. The van der Waals surface area contributed by atoms with Crippen molar-refractivity contribution in [2.24, 2.45) is 0 Å². The number of rotatable bonds is 6. The fourth-order valence-corrected chi connectivity index (χ4v) is 3.62. The number of methoxy groups -OCH3 is 1. The lowest BCUT2D eigenvalue weighted by Crippen LogP contribution is -2.27. The Hall–Kier alpha value is -3.25. The molecule has 0 saturated heterocycles. The molecule has 9 heteroatoms. The molecule has 1 aromatic heterocycles. The number of nitriles is 1. The Morgan fingerprint density at radius 1 is 1.22 bits per heavy atom. The lowest BCUT2D eigenvalue weighted by Gasteiger charge is -2.20. The summed E-state index contributed by atoms with van der Waals surface area (Å²) in [7, 11) is 1.48. The van der Waals surface area contributed by atoms with E-state index in [4.69, 9.17) is 9.47 Å². The number of carbonyl (C=O) groups is 2. The molecule has 2 aromatic rings. The van der Waals surface area contributed by atoms with Crippen LogP contribution in [0.2, 0.25) is 0 Å². The van der Waals surface area contributed by atoms with Crippen LogP contribution >= 0.6 is 11.8 Å². The van der Waals surface area contributed by atoms with Gasteiger partial charge in [0.2, 0.25) is 0 Å². The van der Waals surface area contributed by atoms with Gasteiger partial charge in [0.1, 0.15) is 22.4 Å². The van der Waals surface area contributed by atoms with E-state index in [1.165, 1.54) is 18.9 Å². The first-order valence-corrected chi connectivity index (χ1v) is 11.4. The fraction of sp³-hybridized carbons (Fsp3) is 0.391. The number of thioether (sulfide) groups is 1. The second-order valence-electron chi connectivity index (χ2n) is 8.36. The minimum absolute atomic E-state index is 0.250. The number of hydrogen-bond acceptors (Lipinski definition) is 7. The molecular formula is C23H26N4O4S. The quantitative estimate of drug-likeness (QED) is 0.580. The fourth-order valence-electron chi connectivity index (χ4n) is 3.06. The number of pyridine rings is 1. The van der Waals surface area contributed by atoms with E-state index in [0.717, 1.165) is 18.5 Å². The van der Waals surface area contributed by atoms with Gasteiger partial charge in [-0.25, -0.2) is 9.78 Å². The Kier molecular flexibility index (Phi) is 6.94. The average Bonchev–Trinajstić information content (AvgIpc) is 3.56. The van der Waals surface area contributed by atoms with Crippen molar-refractivity contribution in [2.45, 2.75) is 50.2 Å². The number of ether oxygens (including phenoxy) is 2. The van der Waals surface area contributed by atoms with E-state index in [1.54, 1.807) is 45.0 Å². The maximum absolute atomic E-state index is 13.1. The van der Waals surface area contributed by atoms with E-state index in [0.29, 0.717) is 28.1 Å². The van der Waals surface area contributed by atoms with Gasteiger partial charge in [-0.1, -0.05) is 0 Å². The Balaban J connectivity index is 1.87. The highest BCUT2D eigenvalue weighted by Gasteiger charge is 2.28. The SMILES string of the molecule is COc1ccc(NC(=O)c2cc(C3CC3)nc(SC)c2C#N)cc1NC(=O)OC(C)(C)C. The number of amides is 2. The molecule has 32 heavy (non-hydrogen) atoms. The van der Waals surface area contributed by atoms with Gasteiger partial charge in [-0.05, 0) is 64.1 Å². The number of anilines is 2. The number of hydrogen-bond donors (Lipinski definition) is 2. The van der Waals surface area contributed by atoms with Crippen molar-refractivity contribution in [3.05, 3.63) is 41.1 Å². The highest BCUT2D eigenvalue weighted by atomic mass is 32.2. The second kappa shape index (κ2) is 9.49. The van der Waals surface area contributed by atoms with Gasteiger partial charge in [0.05, 0.1) is 23.9 Å². The minimum Gasteiger partial charge on any atom is -0.495 e. The molecule has 1 saturated carbocycles. The van der Waals surface area contributed by atoms with Crippen LogP contribution in [0.5, 0.6) is 5.75 Å². The van der Waals surface area contributed by atoms with Gasteiger partial charge in [0.25, 0.3) is 5.91 Å². The van der Waals surface area contributed by atoms with Crippen LogP contribution in [0.3, 0.4) is 0 Å². The molecule has 0 atom stereocenters. The first-order chi connectivity index (χ1) is 15.1. The van der Waals surface area contributed by atoms with E-state index in [9.17, 15) is 14.9 Å². The standard InChI is InChI=1S/C23H26N4O4S/c1-23(2,3)31-22(29)27-18-10-14(8-9-19(18)30-4)25-20(28)15-11-17(13-6-7-13)26-21(32-5)16(15)12-24/h8-11,13H,6-7H2,1-5H3,(H,25,28)(H,27,29). The predicted molar refractivity (Wildman–Crippen MR) is 124 cm³/mol. The molecule has 1 heterocycles. The van der Waals surface area contributed by atoms with Gasteiger partial charge in [-0.15, -0.1) is 11.8 Å². The second-order valence-corrected chi connectivity index (χ2v) is 9.16. The summed E-state index contributed by atoms with van der Waals surface area (Å²) in [5.41, 5.74) is 1.48. The summed E-state index contributed by atoms with van der Waals surface area (Å²) < 4.78 is 10.6. The first-order valence-electron chi connectivity index (χ1n) is 10.1. The van der Waals surface area contributed by atoms with Crippen molar-refractivity contribution in [3.63, 3.8) is 0 Å². The van der Waals surface area contributed by atoms with Crippen LogP contribution in [0.1, 0.15) is 61.1 Å². The van der Waals surface area contributed by atoms with Crippen LogP contribution in [-0.4, -0.2) is 36.0 Å². The third kappa shape index (κ3) is 5.71. The molecular weight excluding hydrogens is 428 g/mol. The number of benzene rings is 1. The zero-order chi connectivity index (χ0) is 23.5. The molecule has 3 rings (SSSR count). The van der Waals surface area contributed by atoms with E-state index in [-0.39, 0.29) is 11.1 Å². The summed E-state index contributed by atoms with van der Waals surface area (Å²) >= 11 is 1.34. The summed E-state index contributed by atoms with van der Waals surface area (Å²) in [6.45, 7) is 5.29. The Morgan fingerprint density at radius 2 is 1.94 bits per heavy atom. The summed E-state index contributed by atoms with van der Waals surface area (Å²) in [6, 6.07) is 8.67. The van der Waals surface area contributed by atoms with Crippen LogP contribution in [0.15, 0.2) is 29.3 Å². The molecule has 0 spiro atoms. The third-order valence-corrected chi connectivity index (χ3v) is 5.33. The molecule has 1 aliphatic rings. The largest absolute Gasteiger partial charge is 0.495 e. The van der Waals surface area contributed by atoms with Gasteiger partial charge in [-0.3, -0.25) is 10.1 Å². The Labute approximate surface area is 191 Å². The lowest BCUT2D eigenvalue weighted by molar-refractivity contribution is 0.0635. The van der Waals surface area contributed by atoms with E-state index in [1.807, 2.05) is 6.26 Å². The molecule has 0 aliphatic heterocycles. The highest BCUT2D eigenvalue weighted by Crippen LogP contribution is 2.40. The van der Waals surface area contributed by atoms with Crippen molar-refractivity contribution in [2.75, 3.05) is 24.0 Å². The van der Waals surface area contributed by atoms with Gasteiger partial charge >= 0.3 is 6.09 Å². The molecule has 8 nitrogen and oxygen atoms in total. The minimum atomic E-state index is -0.660. The Bertz CT molecular complexity index is 1080. The van der Waals surface area contributed by atoms with Crippen LogP contribution in [-0.2, 0) is 4.74 Å². The van der Waals surface area contributed by atoms with Crippen LogP contribution in [0.25, 0.3) is 0 Å². The van der Waals surface area contributed by atoms with Crippen LogP contribution in [0.4, 0.5) is 16.2 Å². The van der Waals surface area contributed by atoms with Crippen molar-refractivity contribution >= 4 is 35.1 Å². The maximum Gasteiger partial charge on any atom is 0.412 e. The number of carbonyl (C=O) groups excluding carboxylic acids is 2. The number of nitrogens with one attached hydrogen (secondary N) is 2. The summed E-state index contributed by atoms with van der Waals surface area (Å²) in [5.74, 6) is 0.330. The van der Waals surface area contributed by atoms with E-state index >= 15 is 0 Å². The molecule has 0 radical (unpaired) electrons. The molecule has 0 bridgehead atoms. The predicted octanol–water partition coefficient (Wildman–Crippen LogP) is 5.16. The molecule has 0 unspecified atom stereocenters. The average molecular weight is 455 g/mol. The summed E-state index contributed by atoms with van der Waals surface area (Å²) in [6.07, 6.45) is 3.26. The zero-order valence-electron chi connectivity index (χ0n) is 18.7. The third-order valence-electron chi connectivity index (χ3n) is 4.64. The van der Waals surface area contributed by atoms with E-state index < -0.39 is 17.6 Å². The molecule has 168 valence electrons. The highest BCUT2D eigenvalue weighted by molar-refractivity contribution is 7.98. The van der Waals surface area contributed by atoms with Crippen LogP contribution < -0.4 is 15.4 Å². The monoisotopic (exact) mass is 454 g/mol. The lowest BCUT2D eigenvalue weighted by atomic mass is 10.1. The van der Waals surface area contributed by atoms with Crippen molar-refractivity contribution in [1.29, 1.82) is 5.26 Å². The molecule has 2 N–H and O–H groups in total. The topological polar surface area (TPSA) is 113 Å². The smallest absolute Gasteiger partial charge is 0.412 e. The van der Waals surface area contributed by atoms with Crippen molar-refractivity contribution < 1.29 is 19.1 Å². The van der Waals surface area contributed by atoms with E-state index in [2.05, 4.69) is 21.7 Å². The van der Waals surface area contributed by atoms with Gasteiger partial charge in [-0.2, -0.15) is 5.26 Å². The zero-order valence-corrected chi connectivity index (χ0v) is 19.6. The van der Waals surface area contributed by atoms with Gasteiger partial charge in [0, 0.05) is 17.3 Å². The molecule has 1 aliphatic carbocycles. The van der Waals surface area contributed by atoms with Gasteiger partial charge in [0.15, 0.2) is 0 Å². The first kappa shape index (κ1) is 23.4. The Morgan fingerprint density at radius 3 is 2.50 bits per heavy atom.